The SMILES string of the molecule is CS(C)(C)CCOCN1C(=O)Cc2cc(Br)cnc21. The van der Waals surface area contributed by atoms with Crippen molar-refractivity contribution < 1.29 is 9.53 Å². The number of rotatable bonds is 5. The van der Waals surface area contributed by atoms with E-state index in [1.54, 1.807) is 11.1 Å². The molecule has 1 aromatic heterocycles. The zero-order chi connectivity index (χ0) is 14.0. The topological polar surface area (TPSA) is 42.4 Å². The minimum absolute atomic E-state index is 0.0590. The first-order valence-electron chi connectivity index (χ1n) is 6.05. The van der Waals surface area contributed by atoms with Crippen molar-refractivity contribution in [3.05, 3.63) is 22.3 Å². The second-order valence-corrected chi connectivity index (χ2v) is 11.0. The maximum absolute atomic E-state index is 11.9. The summed E-state index contributed by atoms with van der Waals surface area (Å²) < 4.78 is 6.53. The lowest BCUT2D eigenvalue weighted by molar-refractivity contribution is -0.118. The van der Waals surface area contributed by atoms with Crippen LogP contribution in [0.3, 0.4) is 0 Å². The summed E-state index contributed by atoms with van der Waals surface area (Å²) in [5, 5.41) is 0. The van der Waals surface area contributed by atoms with E-state index in [-0.39, 0.29) is 5.91 Å². The van der Waals surface area contributed by atoms with Crippen LogP contribution in [-0.4, -0.2) is 48.7 Å². The number of hydrogen-bond acceptors (Lipinski definition) is 3. The Morgan fingerprint density at radius 1 is 1.47 bits per heavy atom. The zero-order valence-electron chi connectivity index (χ0n) is 11.5. The smallest absolute Gasteiger partial charge is 0.234 e. The van der Waals surface area contributed by atoms with E-state index in [1.165, 1.54) is 0 Å². The molecule has 2 heterocycles. The van der Waals surface area contributed by atoms with E-state index in [1.807, 2.05) is 6.07 Å². The van der Waals surface area contributed by atoms with Crippen molar-refractivity contribution in [2.24, 2.45) is 0 Å². The molecule has 0 aliphatic carbocycles. The number of carbonyl (C=O) groups is 1. The Bertz CT molecular complexity index is 488. The molecule has 4 nitrogen and oxygen atoms in total. The molecule has 2 rings (SSSR count). The number of halogens is 1. The maximum atomic E-state index is 11.9. The first-order chi connectivity index (χ1) is 8.87. The number of ether oxygens (including phenoxy) is 1. The van der Waals surface area contributed by atoms with E-state index < -0.39 is 10.0 Å². The van der Waals surface area contributed by atoms with E-state index in [4.69, 9.17) is 4.74 Å². The van der Waals surface area contributed by atoms with Gasteiger partial charge in [-0.1, -0.05) is 0 Å². The average molecular weight is 347 g/mol. The predicted octanol–water partition coefficient (Wildman–Crippen LogP) is 2.40. The van der Waals surface area contributed by atoms with Gasteiger partial charge in [0, 0.05) is 22.0 Å². The number of nitrogens with zero attached hydrogens (tertiary/aromatic N) is 2. The van der Waals surface area contributed by atoms with E-state index in [9.17, 15) is 4.79 Å². The molecule has 0 fully saturated rings. The molecule has 0 spiro atoms. The molecule has 1 aromatic rings. The third kappa shape index (κ3) is 3.94. The van der Waals surface area contributed by atoms with Crippen molar-refractivity contribution in [3.63, 3.8) is 0 Å². The number of hydrogen-bond donors (Lipinski definition) is 0. The first kappa shape index (κ1) is 14.8. The Kier molecular flexibility index (Phi) is 4.53. The number of carbonyl (C=O) groups excluding carboxylic acids is 1. The lowest BCUT2D eigenvalue weighted by Crippen LogP contribution is -2.30. The first-order valence-corrected chi connectivity index (χ1v) is 9.87. The van der Waals surface area contributed by atoms with Crippen LogP contribution >= 0.6 is 26.0 Å². The predicted molar refractivity (Wildman–Crippen MR) is 84.2 cm³/mol. The fraction of sp³-hybridized carbons (Fsp3) is 0.538. The Hall–Kier alpha value is -0.590. The summed E-state index contributed by atoms with van der Waals surface area (Å²) in [5.41, 5.74) is 0.962. The zero-order valence-corrected chi connectivity index (χ0v) is 13.9. The van der Waals surface area contributed by atoms with Crippen LogP contribution in [0.15, 0.2) is 16.7 Å². The van der Waals surface area contributed by atoms with Crippen molar-refractivity contribution in [3.8, 4) is 0 Å². The van der Waals surface area contributed by atoms with Crippen molar-refractivity contribution in [2.75, 3.05) is 42.8 Å². The van der Waals surface area contributed by atoms with Crippen molar-refractivity contribution >= 4 is 37.7 Å². The molecule has 0 radical (unpaired) electrons. The van der Waals surface area contributed by atoms with Crippen LogP contribution in [0, 0.1) is 0 Å². The van der Waals surface area contributed by atoms with Crippen molar-refractivity contribution in [2.45, 2.75) is 6.42 Å². The monoisotopic (exact) mass is 346 g/mol. The minimum atomic E-state index is -0.550. The molecule has 0 unspecified atom stereocenters. The van der Waals surface area contributed by atoms with Gasteiger partial charge in [-0.3, -0.25) is 9.69 Å². The molecule has 1 amide bonds. The number of amides is 1. The molecule has 106 valence electrons. The van der Waals surface area contributed by atoms with Gasteiger partial charge in [0.25, 0.3) is 0 Å². The van der Waals surface area contributed by atoms with Crippen LogP contribution in [0.4, 0.5) is 5.82 Å². The fourth-order valence-electron chi connectivity index (χ4n) is 1.82. The van der Waals surface area contributed by atoms with Crippen LogP contribution in [0.25, 0.3) is 0 Å². The third-order valence-corrected chi connectivity index (χ3v) is 4.69. The standard InChI is InChI=1S/C13H19BrN2O2S/c1-19(2,3)5-4-18-9-16-12(17)7-10-6-11(14)8-15-13(10)16/h6,8H,4-5,7,9H2,1-3H3. The lowest BCUT2D eigenvalue weighted by atomic mass is 10.2. The van der Waals surface area contributed by atoms with Gasteiger partial charge in [-0.25, -0.2) is 15.0 Å². The number of aromatic nitrogens is 1. The van der Waals surface area contributed by atoms with Gasteiger partial charge in [0.2, 0.25) is 5.91 Å². The second kappa shape index (κ2) is 5.81. The van der Waals surface area contributed by atoms with Crippen LogP contribution in [0.1, 0.15) is 5.56 Å². The molecule has 0 saturated heterocycles. The summed E-state index contributed by atoms with van der Waals surface area (Å²) in [6.45, 7) is 0.991. The lowest BCUT2D eigenvalue weighted by Gasteiger charge is -2.25. The molecule has 6 heteroatoms. The third-order valence-electron chi connectivity index (χ3n) is 2.87. The molecule has 0 atom stereocenters. The van der Waals surface area contributed by atoms with E-state index in [0.29, 0.717) is 19.8 Å². The summed E-state index contributed by atoms with van der Waals surface area (Å²) in [4.78, 5) is 17.9. The quantitative estimate of drug-likeness (QED) is 0.769. The molecular formula is C13H19BrN2O2S. The number of pyridine rings is 1. The Balaban J connectivity index is 1.93. The normalized spacial score (nSPS) is 15.8. The Morgan fingerprint density at radius 3 is 2.89 bits per heavy atom. The van der Waals surface area contributed by atoms with Gasteiger partial charge in [0.1, 0.15) is 12.5 Å². The van der Waals surface area contributed by atoms with E-state index in [0.717, 1.165) is 21.6 Å². The van der Waals surface area contributed by atoms with Gasteiger partial charge < -0.3 is 4.74 Å². The number of fused-ring (bicyclic) bond motifs is 1. The Morgan fingerprint density at radius 2 is 2.21 bits per heavy atom. The van der Waals surface area contributed by atoms with Gasteiger partial charge in [-0.2, -0.15) is 0 Å². The molecule has 0 N–H and O–H groups in total. The summed E-state index contributed by atoms with van der Waals surface area (Å²) in [5.74, 6) is 1.84. The summed E-state index contributed by atoms with van der Waals surface area (Å²) in [7, 11) is -0.550. The highest BCUT2D eigenvalue weighted by Crippen LogP contribution is 2.34. The van der Waals surface area contributed by atoms with E-state index in [2.05, 4.69) is 39.7 Å². The second-order valence-electron chi connectivity index (χ2n) is 5.47. The highest BCUT2D eigenvalue weighted by molar-refractivity contribution is 9.10. The fourth-order valence-corrected chi connectivity index (χ4v) is 2.82. The van der Waals surface area contributed by atoms with Crippen LogP contribution < -0.4 is 4.90 Å². The molecule has 1 aliphatic rings. The van der Waals surface area contributed by atoms with E-state index >= 15 is 0 Å². The summed E-state index contributed by atoms with van der Waals surface area (Å²) >= 11 is 3.37. The molecule has 1 aliphatic heterocycles. The largest absolute Gasteiger partial charge is 0.360 e. The summed E-state index contributed by atoms with van der Waals surface area (Å²) in [6.07, 6.45) is 8.89. The summed E-state index contributed by atoms with van der Waals surface area (Å²) in [6, 6.07) is 1.94. The van der Waals surface area contributed by atoms with Gasteiger partial charge in [-0.15, -0.1) is 0 Å². The molecule has 0 bridgehead atoms. The molecule has 19 heavy (non-hydrogen) atoms. The minimum Gasteiger partial charge on any atom is -0.360 e. The maximum Gasteiger partial charge on any atom is 0.234 e. The molecular weight excluding hydrogens is 328 g/mol. The van der Waals surface area contributed by atoms with Crippen LogP contribution in [0.5, 0.6) is 0 Å². The Labute approximate surface area is 124 Å². The van der Waals surface area contributed by atoms with Gasteiger partial charge >= 0.3 is 0 Å². The average Bonchev–Trinajstić information content (AvgIpc) is 2.58. The highest BCUT2D eigenvalue weighted by atomic mass is 79.9. The number of anilines is 1. The molecule has 0 saturated carbocycles. The van der Waals surface area contributed by atoms with Crippen LogP contribution in [0.2, 0.25) is 0 Å². The van der Waals surface area contributed by atoms with Gasteiger partial charge in [0.15, 0.2) is 0 Å². The van der Waals surface area contributed by atoms with Crippen LogP contribution in [-0.2, 0) is 16.0 Å². The van der Waals surface area contributed by atoms with Crippen molar-refractivity contribution in [1.29, 1.82) is 0 Å². The van der Waals surface area contributed by atoms with Gasteiger partial charge in [0.05, 0.1) is 13.0 Å². The highest BCUT2D eigenvalue weighted by Gasteiger charge is 2.28. The van der Waals surface area contributed by atoms with Gasteiger partial charge in [-0.05, 0) is 40.8 Å². The molecule has 0 aromatic carbocycles. The van der Waals surface area contributed by atoms with Crippen molar-refractivity contribution in [1.82, 2.24) is 4.98 Å².